The maximum atomic E-state index is 12.1. The highest BCUT2D eigenvalue weighted by Gasteiger charge is 2.17. The molecule has 22 heavy (non-hydrogen) atoms. The van der Waals surface area contributed by atoms with Gasteiger partial charge in [-0.05, 0) is 24.3 Å². The van der Waals surface area contributed by atoms with E-state index in [0.29, 0.717) is 17.1 Å². The number of hydrogen-bond acceptors (Lipinski definition) is 4. The van der Waals surface area contributed by atoms with Crippen molar-refractivity contribution in [3.63, 3.8) is 0 Å². The quantitative estimate of drug-likeness (QED) is 0.901. The number of halogens is 1. The van der Waals surface area contributed by atoms with Crippen molar-refractivity contribution in [1.29, 1.82) is 0 Å². The normalized spacial score (nSPS) is 18.1. The molecule has 0 aliphatic carbocycles. The predicted molar refractivity (Wildman–Crippen MR) is 90.9 cm³/mol. The molecule has 2 aromatic rings. The Kier molecular flexibility index (Phi) is 5.02. The van der Waals surface area contributed by atoms with Crippen LogP contribution in [0.25, 0.3) is 5.69 Å². The van der Waals surface area contributed by atoms with Gasteiger partial charge >= 0.3 is 0 Å². The molecule has 2 N–H and O–H groups in total. The summed E-state index contributed by atoms with van der Waals surface area (Å²) in [5.74, 6) is 2.09. The van der Waals surface area contributed by atoms with E-state index in [1.807, 2.05) is 36.2 Å². The third kappa shape index (κ3) is 3.82. The molecule has 1 fully saturated rings. The van der Waals surface area contributed by atoms with E-state index < -0.39 is 0 Å². The molecule has 1 aromatic heterocycles. The van der Waals surface area contributed by atoms with Crippen molar-refractivity contribution in [2.75, 3.05) is 23.4 Å². The van der Waals surface area contributed by atoms with Crippen molar-refractivity contribution in [3.05, 3.63) is 41.7 Å². The zero-order valence-corrected chi connectivity index (χ0v) is 13.5. The van der Waals surface area contributed by atoms with E-state index in [0.717, 1.165) is 23.7 Å². The number of nitrogens with zero attached hydrogens (tertiary/aromatic N) is 2. The Hall–Kier alpha value is -1.50. The first-order valence-corrected chi connectivity index (χ1v) is 8.66. The molecule has 2 heterocycles. The van der Waals surface area contributed by atoms with E-state index in [4.69, 9.17) is 11.6 Å². The van der Waals surface area contributed by atoms with E-state index in [2.05, 4.69) is 15.7 Å². The lowest BCUT2D eigenvalue weighted by molar-refractivity contribution is -0.116. The lowest BCUT2D eigenvalue weighted by Crippen LogP contribution is -2.39. The van der Waals surface area contributed by atoms with Crippen LogP contribution in [0.2, 0.25) is 5.02 Å². The Morgan fingerprint density at radius 3 is 3.14 bits per heavy atom. The average molecular weight is 337 g/mol. The Morgan fingerprint density at radius 1 is 1.55 bits per heavy atom. The minimum atomic E-state index is 0.00269. The first-order chi connectivity index (χ1) is 10.7. The molecule has 3 rings (SSSR count). The number of rotatable bonds is 4. The minimum Gasteiger partial charge on any atom is -0.326 e. The SMILES string of the molecule is O=C(CC1CSCCN1)Nc1ccc(-n2cccn2)c(Cl)c1. The van der Waals surface area contributed by atoms with E-state index in [1.165, 1.54) is 0 Å². The molecule has 0 radical (unpaired) electrons. The van der Waals surface area contributed by atoms with Crippen LogP contribution in [0.4, 0.5) is 5.69 Å². The van der Waals surface area contributed by atoms with Gasteiger partial charge in [0.1, 0.15) is 0 Å². The summed E-state index contributed by atoms with van der Waals surface area (Å²) in [6.07, 6.45) is 4.00. The first kappa shape index (κ1) is 15.4. The van der Waals surface area contributed by atoms with Gasteiger partial charge in [-0.1, -0.05) is 11.6 Å². The Balaban J connectivity index is 1.63. The fourth-order valence-corrected chi connectivity index (χ4v) is 3.58. The Morgan fingerprint density at radius 2 is 2.45 bits per heavy atom. The molecule has 1 unspecified atom stereocenters. The summed E-state index contributed by atoms with van der Waals surface area (Å²) in [6, 6.07) is 7.52. The molecule has 1 amide bonds. The molecule has 1 saturated heterocycles. The molecular weight excluding hydrogens is 320 g/mol. The van der Waals surface area contributed by atoms with Gasteiger partial charge in [0.25, 0.3) is 0 Å². The number of carbonyl (C=O) groups is 1. The van der Waals surface area contributed by atoms with Crippen molar-refractivity contribution >= 4 is 35.0 Å². The zero-order valence-electron chi connectivity index (χ0n) is 12.0. The van der Waals surface area contributed by atoms with Crippen LogP contribution < -0.4 is 10.6 Å². The van der Waals surface area contributed by atoms with Crippen LogP contribution in [0.5, 0.6) is 0 Å². The second-order valence-corrected chi connectivity index (χ2v) is 6.65. The molecule has 0 bridgehead atoms. The Labute approximate surface area is 138 Å². The van der Waals surface area contributed by atoms with E-state index >= 15 is 0 Å². The van der Waals surface area contributed by atoms with E-state index in [1.54, 1.807) is 16.9 Å². The van der Waals surface area contributed by atoms with Crippen molar-refractivity contribution in [3.8, 4) is 5.69 Å². The molecule has 5 nitrogen and oxygen atoms in total. The van der Waals surface area contributed by atoms with Crippen molar-refractivity contribution < 1.29 is 4.79 Å². The van der Waals surface area contributed by atoms with Gasteiger partial charge in [0.15, 0.2) is 0 Å². The lowest BCUT2D eigenvalue weighted by atomic mass is 10.2. The highest BCUT2D eigenvalue weighted by molar-refractivity contribution is 7.99. The minimum absolute atomic E-state index is 0.00269. The second-order valence-electron chi connectivity index (χ2n) is 5.10. The molecule has 116 valence electrons. The van der Waals surface area contributed by atoms with Gasteiger partial charge in [-0.15, -0.1) is 0 Å². The number of amides is 1. The van der Waals surface area contributed by atoms with Crippen LogP contribution in [0.15, 0.2) is 36.7 Å². The molecule has 1 aliphatic heterocycles. The summed E-state index contributed by atoms with van der Waals surface area (Å²) in [6.45, 7) is 0.965. The summed E-state index contributed by atoms with van der Waals surface area (Å²) in [7, 11) is 0. The maximum Gasteiger partial charge on any atom is 0.225 e. The maximum absolute atomic E-state index is 12.1. The van der Waals surface area contributed by atoms with Gasteiger partial charge < -0.3 is 10.6 Å². The predicted octanol–water partition coefficient (Wildman–Crippen LogP) is 2.56. The third-order valence-electron chi connectivity index (χ3n) is 3.41. The number of hydrogen-bond donors (Lipinski definition) is 2. The van der Waals surface area contributed by atoms with Crippen LogP contribution in [-0.2, 0) is 4.79 Å². The first-order valence-electron chi connectivity index (χ1n) is 7.13. The summed E-state index contributed by atoms with van der Waals surface area (Å²) >= 11 is 8.15. The van der Waals surface area contributed by atoms with Gasteiger partial charge in [0.2, 0.25) is 5.91 Å². The van der Waals surface area contributed by atoms with Crippen molar-refractivity contribution in [2.45, 2.75) is 12.5 Å². The summed E-state index contributed by atoms with van der Waals surface area (Å²) in [4.78, 5) is 12.1. The number of aromatic nitrogens is 2. The van der Waals surface area contributed by atoms with Gasteiger partial charge in [0, 0.05) is 48.6 Å². The van der Waals surface area contributed by atoms with Crippen LogP contribution >= 0.6 is 23.4 Å². The summed E-state index contributed by atoms with van der Waals surface area (Å²) in [5, 5.41) is 11.0. The smallest absolute Gasteiger partial charge is 0.225 e. The number of benzene rings is 1. The highest BCUT2D eigenvalue weighted by atomic mass is 35.5. The fraction of sp³-hybridized carbons (Fsp3) is 0.333. The van der Waals surface area contributed by atoms with Crippen LogP contribution in [0.3, 0.4) is 0 Å². The highest BCUT2D eigenvalue weighted by Crippen LogP contribution is 2.24. The van der Waals surface area contributed by atoms with Crippen LogP contribution in [-0.4, -0.2) is 39.8 Å². The van der Waals surface area contributed by atoms with Gasteiger partial charge in [-0.25, -0.2) is 4.68 Å². The average Bonchev–Trinajstić information content (AvgIpc) is 3.02. The van der Waals surface area contributed by atoms with Gasteiger partial charge in [-0.2, -0.15) is 16.9 Å². The van der Waals surface area contributed by atoms with Crippen molar-refractivity contribution in [2.24, 2.45) is 0 Å². The van der Waals surface area contributed by atoms with Gasteiger partial charge in [0.05, 0.1) is 10.7 Å². The standard InChI is InChI=1S/C15H17ClN4OS/c16-13-8-11(2-3-14(13)20-6-1-4-18-20)19-15(21)9-12-10-22-7-5-17-12/h1-4,6,8,12,17H,5,7,9-10H2,(H,19,21). The molecule has 7 heteroatoms. The number of anilines is 1. The number of nitrogens with one attached hydrogen (secondary N) is 2. The fourth-order valence-electron chi connectivity index (χ4n) is 2.37. The van der Waals surface area contributed by atoms with E-state index in [-0.39, 0.29) is 11.9 Å². The molecule has 1 aliphatic rings. The van der Waals surface area contributed by atoms with Crippen LogP contribution in [0, 0.1) is 0 Å². The third-order valence-corrected chi connectivity index (χ3v) is 4.85. The second kappa shape index (κ2) is 7.17. The van der Waals surface area contributed by atoms with Gasteiger partial charge in [-0.3, -0.25) is 4.79 Å². The number of carbonyl (C=O) groups excluding carboxylic acids is 1. The summed E-state index contributed by atoms with van der Waals surface area (Å²) in [5.41, 5.74) is 1.49. The molecule has 0 spiro atoms. The van der Waals surface area contributed by atoms with Crippen LogP contribution in [0.1, 0.15) is 6.42 Å². The monoisotopic (exact) mass is 336 g/mol. The molecule has 0 saturated carbocycles. The molecule has 1 aromatic carbocycles. The molecular formula is C15H17ClN4OS. The lowest BCUT2D eigenvalue weighted by Gasteiger charge is -2.22. The largest absolute Gasteiger partial charge is 0.326 e. The molecule has 1 atom stereocenters. The number of thioether (sulfide) groups is 1. The van der Waals surface area contributed by atoms with Crippen molar-refractivity contribution in [1.82, 2.24) is 15.1 Å². The topological polar surface area (TPSA) is 59.0 Å². The van der Waals surface area contributed by atoms with E-state index in [9.17, 15) is 4.79 Å². The summed E-state index contributed by atoms with van der Waals surface area (Å²) < 4.78 is 1.69. The Bertz CT molecular complexity index is 641. The zero-order chi connectivity index (χ0) is 15.4.